The molecule has 4 aliphatic rings. The van der Waals surface area contributed by atoms with E-state index >= 15 is 0 Å². The molecule has 0 heteroatoms. The van der Waals surface area contributed by atoms with Gasteiger partial charge in [-0.2, -0.15) is 0 Å². The third-order valence-electron chi connectivity index (χ3n) is 9.63. The Kier molecular flexibility index (Phi) is 4.22. The van der Waals surface area contributed by atoms with E-state index in [-0.39, 0.29) is 5.41 Å². The van der Waals surface area contributed by atoms with E-state index in [1.54, 1.807) is 5.57 Å². The van der Waals surface area contributed by atoms with Crippen molar-refractivity contribution in [2.75, 3.05) is 0 Å². The molecule has 4 aliphatic carbocycles. The van der Waals surface area contributed by atoms with Crippen LogP contribution in [-0.4, -0.2) is 0 Å². The molecule has 0 bridgehead atoms. The fourth-order valence-corrected chi connectivity index (χ4v) is 8.01. The molecule has 4 rings (SSSR count). The standard InChI is InChI=1S/C26H38/c1-8-17(3)24-18(4)14-21-22(24)15-19(5)26(7)23(21)10-9-20-13-16(2)11-12-25(20,26)6/h11-13,18-19,21-24H,2-3,8-10,14-15H2,1,4-7H3/t18-,19?,21?,22?,23?,24?,25?,26?/m1/s1. The maximum atomic E-state index is 4.50. The van der Waals surface area contributed by atoms with Crippen LogP contribution in [0, 0.1) is 46.3 Å². The first-order valence-corrected chi connectivity index (χ1v) is 11.0. The van der Waals surface area contributed by atoms with Crippen LogP contribution in [0.4, 0.5) is 0 Å². The van der Waals surface area contributed by atoms with Crippen LogP contribution in [0.1, 0.15) is 66.7 Å². The molecule has 0 aromatic carbocycles. The van der Waals surface area contributed by atoms with Crippen molar-refractivity contribution in [1.29, 1.82) is 0 Å². The van der Waals surface area contributed by atoms with Gasteiger partial charge in [0.2, 0.25) is 0 Å². The number of hydrogen-bond acceptors (Lipinski definition) is 0. The van der Waals surface area contributed by atoms with Gasteiger partial charge in [0.05, 0.1) is 0 Å². The van der Waals surface area contributed by atoms with Crippen LogP contribution >= 0.6 is 0 Å². The minimum atomic E-state index is 0.213. The second kappa shape index (κ2) is 5.98. The van der Waals surface area contributed by atoms with E-state index in [0.29, 0.717) is 5.41 Å². The molecular formula is C26H38. The first-order chi connectivity index (χ1) is 12.2. The van der Waals surface area contributed by atoms with Gasteiger partial charge in [0.1, 0.15) is 0 Å². The summed E-state index contributed by atoms with van der Waals surface area (Å²) in [4.78, 5) is 0. The molecular weight excluding hydrogens is 312 g/mol. The Labute approximate surface area is 161 Å². The fraction of sp³-hybridized carbons (Fsp3) is 0.692. The summed E-state index contributed by atoms with van der Waals surface area (Å²) in [7, 11) is 0. The van der Waals surface area contributed by atoms with Gasteiger partial charge in [-0.25, -0.2) is 0 Å². The summed E-state index contributed by atoms with van der Waals surface area (Å²) in [5, 5.41) is 0. The average molecular weight is 351 g/mol. The molecule has 0 radical (unpaired) electrons. The maximum Gasteiger partial charge on any atom is 0.0128 e. The van der Waals surface area contributed by atoms with Crippen LogP contribution in [0.25, 0.3) is 0 Å². The summed E-state index contributed by atoms with van der Waals surface area (Å²) in [5.74, 6) is 4.97. The zero-order chi connectivity index (χ0) is 18.9. The van der Waals surface area contributed by atoms with Crippen LogP contribution < -0.4 is 0 Å². The Hall–Kier alpha value is -1.04. The quantitative estimate of drug-likeness (QED) is 0.456. The lowest BCUT2D eigenvalue weighted by atomic mass is 9.40. The summed E-state index contributed by atoms with van der Waals surface area (Å²) < 4.78 is 0. The van der Waals surface area contributed by atoms with Crippen LogP contribution in [0.5, 0.6) is 0 Å². The van der Waals surface area contributed by atoms with Gasteiger partial charge in [0.15, 0.2) is 0 Å². The molecule has 0 aromatic heterocycles. The fourth-order valence-electron chi connectivity index (χ4n) is 8.01. The van der Waals surface area contributed by atoms with E-state index in [2.05, 4.69) is 66.0 Å². The Morgan fingerprint density at radius 2 is 1.92 bits per heavy atom. The summed E-state index contributed by atoms with van der Waals surface area (Å²) in [6, 6.07) is 0. The minimum Gasteiger partial charge on any atom is -0.0996 e. The van der Waals surface area contributed by atoms with Gasteiger partial charge < -0.3 is 0 Å². The van der Waals surface area contributed by atoms with E-state index in [9.17, 15) is 0 Å². The number of rotatable bonds is 2. The predicted octanol–water partition coefficient (Wildman–Crippen LogP) is 7.36. The zero-order valence-electron chi connectivity index (χ0n) is 17.6. The topological polar surface area (TPSA) is 0 Å². The van der Waals surface area contributed by atoms with Crippen molar-refractivity contribution in [3.05, 3.63) is 48.1 Å². The van der Waals surface area contributed by atoms with E-state index in [0.717, 1.165) is 41.9 Å². The van der Waals surface area contributed by atoms with Crippen molar-refractivity contribution in [3.63, 3.8) is 0 Å². The molecule has 0 amide bonds. The normalized spacial score (nSPS) is 49.9. The van der Waals surface area contributed by atoms with Crippen molar-refractivity contribution < 1.29 is 0 Å². The summed E-state index contributed by atoms with van der Waals surface area (Å²) >= 11 is 0. The van der Waals surface area contributed by atoms with Crippen LogP contribution in [0.15, 0.2) is 48.1 Å². The molecule has 142 valence electrons. The second-order valence-electron chi connectivity index (χ2n) is 10.4. The van der Waals surface area contributed by atoms with Gasteiger partial charge in [0.25, 0.3) is 0 Å². The lowest BCUT2D eigenvalue weighted by Gasteiger charge is -2.64. The molecule has 8 atom stereocenters. The highest BCUT2D eigenvalue weighted by atomic mass is 14.7. The van der Waals surface area contributed by atoms with Gasteiger partial charge in [-0.1, -0.05) is 77.2 Å². The van der Waals surface area contributed by atoms with Crippen molar-refractivity contribution in [2.24, 2.45) is 46.3 Å². The summed E-state index contributed by atoms with van der Waals surface area (Å²) in [6.07, 6.45) is 13.8. The minimum absolute atomic E-state index is 0.213. The average Bonchev–Trinajstić information content (AvgIpc) is 2.92. The summed E-state index contributed by atoms with van der Waals surface area (Å²) in [5.41, 5.74) is 4.95. The molecule has 3 saturated carbocycles. The lowest BCUT2D eigenvalue weighted by molar-refractivity contribution is -0.101. The van der Waals surface area contributed by atoms with Crippen molar-refractivity contribution in [1.82, 2.24) is 0 Å². The molecule has 0 aliphatic heterocycles. The molecule has 3 fully saturated rings. The largest absolute Gasteiger partial charge is 0.0996 e. The van der Waals surface area contributed by atoms with E-state index in [1.807, 2.05) is 0 Å². The molecule has 26 heavy (non-hydrogen) atoms. The Morgan fingerprint density at radius 3 is 2.62 bits per heavy atom. The SMILES string of the molecule is C=C1C=CC2(C)C(=C1)CCC1C3C[C@@H](C)C(C(=C)CC)C3CC(C)C12C. The molecule has 0 spiro atoms. The highest BCUT2D eigenvalue weighted by Gasteiger charge is 2.63. The highest BCUT2D eigenvalue weighted by Crippen LogP contribution is 2.70. The van der Waals surface area contributed by atoms with Gasteiger partial charge in [-0.05, 0) is 78.6 Å². The van der Waals surface area contributed by atoms with Gasteiger partial charge in [0, 0.05) is 5.41 Å². The maximum absolute atomic E-state index is 4.50. The zero-order valence-corrected chi connectivity index (χ0v) is 17.6. The molecule has 0 nitrogen and oxygen atoms in total. The molecule has 7 unspecified atom stereocenters. The van der Waals surface area contributed by atoms with E-state index in [1.165, 1.54) is 36.8 Å². The van der Waals surface area contributed by atoms with E-state index < -0.39 is 0 Å². The van der Waals surface area contributed by atoms with Crippen molar-refractivity contribution in [2.45, 2.75) is 66.7 Å². The molecule has 0 heterocycles. The predicted molar refractivity (Wildman–Crippen MR) is 113 cm³/mol. The summed E-state index contributed by atoms with van der Waals surface area (Å²) in [6.45, 7) is 21.2. The van der Waals surface area contributed by atoms with E-state index in [4.69, 9.17) is 0 Å². The second-order valence-corrected chi connectivity index (χ2v) is 10.4. The Balaban J connectivity index is 1.75. The third-order valence-corrected chi connectivity index (χ3v) is 9.63. The van der Waals surface area contributed by atoms with Crippen molar-refractivity contribution in [3.8, 4) is 0 Å². The third kappa shape index (κ3) is 2.20. The van der Waals surface area contributed by atoms with Gasteiger partial charge >= 0.3 is 0 Å². The first kappa shape index (κ1) is 18.3. The van der Waals surface area contributed by atoms with Gasteiger partial charge in [-0.15, -0.1) is 0 Å². The van der Waals surface area contributed by atoms with Crippen LogP contribution in [0.2, 0.25) is 0 Å². The number of allylic oxidation sites excluding steroid dienone is 6. The van der Waals surface area contributed by atoms with Crippen LogP contribution in [0.3, 0.4) is 0 Å². The monoisotopic (exact) mass is 350 g/mol. The number of fused-ring (bicyclic) bond motifs is 5. The molecule has 0 aromatic rings. The molecule has 0 N–H and O–H groups in total. The van der Waals surface area contributed by atoms with Gasteiger partial charge in [-0.3, -0.25) is 0 Å². The van der Waals surface area contributed by atoms with Crippen LogP contribution in [-0.2, 0) is 0 Å². The van der Waals surface area contributed by atoms with Crippen molar-refractivity contribution >= 4 is 0 Å². The first-order valence-electron chi connectivity index (χ1n) is 11.0. The molecule has 0 saturated heterocycles. The lowest BCUT2D eigenvalue weighted by Crippen LogP contribution is -2.57. The Bertz CT molecular complexity index is 691. The Morgan fingerprint density at radius 1 is 1.19 bits per heavy atom. The smallest absolute Gasteiger partial charge is 0.0128 e. The number of hydrogen-bond donors (Lipinski definition) is 0. The highest BCUT2D eigenvalue weighted by molar-refractivity contribution is 5.45.